The second kappa shape index (κ2) is 15.8. The second-order valence-corrected chi connectivity index (χ2v) is 16.7. The summed E-state index contributed by atoms with van der Waals surface area (Å²) in [4.78, 5) is 0. The van der Waals surface area contributed by atoms with Gasteiger partial charge in [0.05, 0.1) is 0 Å². The molecule has 2 N–H and O–H groups in total. The Morgan fingerprint density at radius 3 is 1.49 bits per heavy atom. The number of methoxy groups -OCH3 is 2. The molecule has 0 aromatic heterocycles. The molecular weight excluding hydrogens is 680 g/mol. The minimum atomic E-state index is -0.209. The number of hydrogen-bond acceptors (Lipinski definition) is 6. The van der Waals surface area contributed by atoms with E-state index in [1.54, 1.807) is 26.4 Å². The molecule has 0 unspecified atom stereocenters. The average Bonchev–Trinajstić information content (AvgIpc) is 3.43. The standard InChI is InChI=1S/C30H42N2O4.C12H10O2.Cr/c1-29(2,3)23-15-21(35-7)13-19(27(23)33)17-31-25-11-9-10-12-26(25)32-18-20-14-22(36-8)16-24(28(20)34)30(4,5)6;13-10-6-8-12(9-7-10)14-11-4-2-1-3-5-11;/h13-18,25-26,33-34H,9-12H2,1-8H3;1-9,13H;/q;;+2/p-1/t25-,26-;;/m1../s1. The molecular formula is C42H51CrN2O6+. The molecule has 2 fully saturated rings. The molecule has 1 saturated carbocycles. The van der Waals surface area contributed by atoms with E-state index in [4.69, 9.17) is 14.2 Å². The van der Waals surface area contributed by atoms with E-state index in [0.29, 0.717) is 29.3 Å². The van der Waals surface area contributed by atoms with Gasteiger partial charge in [-0.25, -0.2) is 0 Å². The molecule has 1 aliphatic carbocycles. The zero-order valence-electron chi connectivity index (χ0n) is 31.0. The topological polar surface area (TPSA) is 97.2 Å². The molecule has 51 heavy (non-hydrogen) atoms. The van der Waals surface area contributed by atoms with E-state index in [-0.39, 0.29) is 32.2 Å². The Balaban J connectivity index is 0.000000299. The van der Waals surface area contributed by atoms with Gasteiger partial charge in [-0.05, 0) is 24.3 Å². The summed E-state index contributed by atoms with van der Waals surface area (Å²) < 4.78 is 21.5. The van der Waals surface area contributed by atoms with Crippen molar-refractivity contribution in [2.45, 2.75) is 90.1 Å². The van der Waals surface area contributed by atoms with E-state index in [1.165, 1.54) is 25.0 Å². The molecule has 6 rings (SSSR count). The average molecular weight is 732 g/mol. The summed E-state index contributed by atoms with van der Waals surface area (Å²) >= 11 is -0.0332. The first kappa shape index (κ1) is 37.8. The van der Waals surface area contributed by atoms with E-state index in [9.17, 15) is 15.3 Å². The predicted octanol–water partition coefficient (Wildman–Crippen LogP) is 8.06. The fraction of sp³-hybridized carbons (Fsp3) is 0.381. The van der Waals surface area contributed by atoms with Crippen LogP contribution in [0.25, 0.3) is 0 Å². The quantitative estimate of drug-likeness (QED) is 0.208. The summed E-state index contributed by atoms with van der Waals surface area (Å²) in [7, 11) is 3.34. The third-order valence-corrected chi connectivity index (χ3v) is 10.9. The maximum atomic E-state index is 11.2. The van der Waals surface area contributed by atoms with Gasteiger partial charge in [0.15, 0.2) is 0 Å². The van der Waals surface area contributed by atoms with Crippen LogP contribution in [0.5, 0.6) is 40.2 Å². The molecule has 0 bridgehead atoms. The molecule has 0 spiro atoms. The van der Waals surface area contributed by atoms with Crippen molar-refractivity contribution in [2.75, 3.05) is 14.2 Å². The van der Waals surface area contributed by atoms with Crippen LogP contribution in [-0.2, 0) is 26.5 Å². The first-order valence-electron chi connectivity index (χ1n) is 17.5. The minimum Gasteiger partial charge on any atom is -0.872 e. The molecule has 4 aromatic rings. The van der Waals surface area contributed by atoms with Crippen molar-refractivity contribution in [3.8, 4) is 40.2 Å². The van der Waals surface area contributed by atoms with Crippen LogP contribution in [0.2, 0.25) is 0 Å². The first-order chi connectivity index (χ1) is 24.2. The predicted molar refractivity (Wildman–Crippen MR) is 196 cm³/mol. The van der Waals surface area contributed by atoms with Gasteiger partial charge in [0.1, 0.15) is 11.5 Å². The molecule has 8 nitrogen and oxygen atoms in total. The van der Waals surface area contributed by atoms with Gasteiger partial charge in [-0.1, -0.05) is 30.3 Å². The van der Waals surface area contributed by atoms with Crippen LogP contribution in [-0.4, -0.2) is 56.1 Å². The number of phenols is 2. The van der Waals surface area contributed by atoms with Crippen molar-refractivity contribution in [1.29, 1.82) is 0 Å². The van der Waals surface area contributed by atoms with Gasteiger partial charge in [0, 0.05) is 0 Å². The van der Waals surface area contributed by atoms with E-state index < -0.39 is 0 Å². The number of nitrogens with zero attached hydrogens (tertiary/aromatic N) is 2. The Morgan fingerprint density at radius 1 is 0.647 bits per heavy atom. The Labute approximate surface area is 309 Å². The number of ether oxygens (including phenoxy) is 3. The van der Waals surface area contributed by atoms with Crippen LogP contribution in [0.3, 0.4) is 0 Å². The van der Waals surface area contributed by atoms with Gasteiger partial charge in [-0.3, -0.25) is 0 Å². The SMILES string of the molecule is COc1cc(C=[N+]2[Cr][N+](=Cc3cc(OC)cc(C(C)(C)C)c3O)[C@@H]3CCCC[C@H]32)c(O)c(C(C)(C)C)c1.[O-]c1ccc(Oc2ccccc2)cc1. The maximum Gasteiger partial charge on any atom is 0.127 e. The first-order valence-corrected chi connectivity index (χ1v) is 18.6. The van der Waals surface area contributed by atoms with Gasteiger partial charge in [0.25, 0.3) is 0 Å². The molecule has 0 amide bonds. The van der Waals surface area contributed by atoms with E-state index >= 15 is 0 Å². The third-order valence-electron chi connectivity index (χ3n) is 9.18. The molecule has 2 aliphatic rings. The van der Waals surface area contributed by atoms with Gasteiger partial charge >= 0.3 is 229 Å². The number of para-hydroxylation sites is 1. The Hall–Kier alpha value is -4.45. The Bertz CT molecular complexity index is 1780. The van der Waals surface area contributed by atoms with E-state index in [2.05, 4.69) is 61.1 Å². The smallest absolute Gasteiger partial charge is 0.127 e. The summed E-state index contributed by atoms with van der Waals surface area (Å²) in [6.07, 6.45) is 8.87. The van der Waals surface area contributed by atoms with Gasteiger partial charge in [-0.2, -0.15) is 0 Å². The minimum absolute atomic E-state index is 0.00888. The fourth-order valence-electron chi connectivity index (χ4n) is 6.40. The number of hydrogen-bond donors (Lipinski definition) is 2. The summed E-state index contributed by atoms with van der Waals surface area (Å²) in [6.45, 7) is 12.6. The van der Waals surface area contributed by atoms with Crippen LogP contribution in [0.1, 0.15) is 89.5 Å². The summed E-state index contributed by atoms with van der Waals surface area (Å²) in [5.41, 5.74) is 2.92. The van der Waals surface area contributed by atoms with Gasteiger partial charge < -0.3 is 9.84 Å². The van der Waals surface area contributed by atoms with Crippen LogP contribution in [0, 0.1) is 0 Å². The normalized spacial score (nSPS) is 18.9. The van der Waals surface area contributed by atoms with Crippen LogP contribution in [0.15, 0.2) is 78.9 Å². The van der Waals surface area contributed by atoms with Crippen molar-refractivity contribution in [2.24, 2.45) is 0 Å². The van der Waals surface area contributed by atoms with Crippen molar-refractivity contribution >= 4 is 12.4 Å². The van der Waals surface area contributed by atoms with E-state index in [0.717, 1.165) is 52.3 Å². The van der Waals surface area contributed by atoms with Crippen molar-refractivity contribution in [3.63, 3.8) is 0 Å². The third kappa shape index (κ3) is 9.27. The zero-order valence-corrected chi connectivity index (χ0v) is 32.2. The Morgan fingerprint density at radius 2 is 1.08 bits per heavy atom. The summed E-state index contributed by atoms with van der Waals surface area (Å²) in [5.74, 6) is 3.58. The number of fused-ring (bicyclic) bond motifs is 1. The van der Waals surface area contributed by atoms with Gasteiger partial charge in [-0.15, -0.1) is 5.75 Å². The number of rotatable bonds is 6. The molecule has 1 heterocycles. The van der Waals surface area contributed by atoms with E-state index in [1.807, 2.05) is 54.6 Å². The Kier molecular flexibility index (Phi) is 11.7. The molecule has 2 atom stereocenters. The maximum absolute atomic E-state index is 11.2. The number of aromatic hydroxyl groups is 2. The second-order valence-electron chi connectivity index (χ2n) is 15.1. The van der Waals surface area contributed by atoms with Crippen molar-refractivity contribution < 1.29 is 52.3 Å². The summed E-state index contributed by atoms with van der Waals surface area (Å²) in [6, 6.07) is 24.2. The number of benzene rings is 4. The molecule has 4 aromatic carbocycles. The molecule has 0 radical (unpaired) electrons. The molecule has 1 saturated heterocycles. The van der Waals surface area contributed by atoms with Crippen LogP contribution < -0.4 is 19.3 Å². The number of phenolic OH excluding ortho intramolecular Hbond substituents is 2. The monoisotopic (exact) mass is 731 g/mol. The largest absolute Gasteiger partial charge is 0.872 e. The molecule has 9 heteroatoms. The van der Waals surface area contributed by atoms with Crippen molar-refractivity contribution in [3.05, 3.63) is 101 Å². The molecule has 1 aliphatic heterocycles. The van der Waals surface area contributed by atoms with Crippen molar-refractivity contribution in [1.82, 2.24) is 0 Å². The van der Waals surface area contributed by atoms with Crippen LogP contribution >= 0.6 is 0 Å². The van der Waals surface area contributed by atoms with Crippen LogP contribution in [0.4, 0.5) is 0 Å². The molecule has 270 valence electrons. The zero-order chi connectivity index (χ0) is 36.9. The summed E-state index contributed by atoms with van der Waals surface area (Å²) in [5, 5.41) is 33.3. The fourth-order valence-corrected chi connectivity index (χ4v) is 8.38. The van der Waals surface area contributed by atoms with Gasteiger partial charge in [0.2, 0.25) is 0 Å².